The number of nitro groups is 1. The third-order valence-corrected chi connectivity index (χ3v) is 5.50. The summed E-state index contributed by atoms with van der Waals surface area (Å²) in [5.74, 6) is -0.403. The standard InChI is InChI=1S/C20H22N2O7S/c1-4-11-28-18-9-5-7-16(12-18)21(14-20(23)29-15(2)3)30(26,27)19-10-6-8-17(13-19)22(24)25/h4-10,12-13,15H,1,11,14H2,2-3H3. The molecule has 30 heavy (non-hydrogen) atoms. The average molecular weight is 434 g/mol. The molecule has 0 aliphatic carbocycles. The zero-order valence-corrected chi connectivity index (χ0v) is 17.4. The summed E-state index contributed by atoms with van der Waals surface area (Å²) in [5, 5.41) is 11.1. The van der Waals surface area contributed by atoms with Crippen LogP contribution >= 0.6 is 0 Å². The molecule has 0 radical (unpaired) electrons. The van der Waals surface area contributed by atoms with Gasteiger partial charge in [0.1, 0.15) is 18.9 Å². The second kappa shape index (κ2) is 9.88. The summed E-state index contributed by atoms with van der Waals surface area (Å²) < 4.78 is 37.9. The van der Waals surface area contributed by atoms with Crippen molar-refractivity contribution in [3.05, 3.63) is 71.3 Å². The summed E-state index contributed by atoms with van der Waals surface area (Å²) in [4.78, 5) is 22.3. The second-order valence-corrected chi connectivity index (χ2v) is 8.26. The molecule has 0 saturated heterocycles. The Bertz CT molecular complexity index is 1030. The largest absolute Gasteiger partial charge is 0.489 e. The van der Waals surface area contributed by atoms with Gasteiger partial charge in [0.05, 0.1) is 21.6 Å². The van der Waals surface area contributed by atoms with Crippen molar-refractivity contribution in [2.45, 2.75) is 24.8 Å². The molecule has 0 unspecified atom stereocenters. The predicted molar refractivity (Wildman–Crippen MR) is 111 cm³/mol. The Labute approximate surface area is 174 Å². The lowest BCUT2D eigenvalue weighted by Gasteiger charge is -2.24. The van der Waals surface area contributed by atoms with Crippen molar-refractivity contribution >= 4 is 27.4 Å². The maximum absolute atomic E-state index is 13.3. The molecule has 2 aromatic carbocycles. The maximum atomic E-state index is 13.3. The highest BCUT2D eigenvalue weighted by atomic mass is 32.2. The molecule has 0 aromatic heterocycles. The molecule has 0 aliphatic rings. The number of hydrogen-bond acceptors (Lipinski definition) is 7. The van der Waals surface area contributed by atoms with E-state index in [2.05, 4.69) is 6.58 Å². The zero-order valence-electron chi connectivity index (χ0n) is 16.6. The van der Waals surface area contributed by atoms with Gasteiger partial charge in [0.15, 0.2) is 0 Å². The van der Waals surface area contributed by atoms with Gasteiger partial charge in [0, 0.05) is 18.2 Å². The van der Waals surface area contributed by atoms with E-state index < -0.39 is 33.6 Å². The topological polar surface area (TPSA) is 116 Å². The molecule has 0 bridgehead atoms. The number of nitro benzene ring substituents is 1. The SMILES string of the molecule is C=CCOc1cccc(N(CC(=O)OC(C)C)S(=O)(=O)c2cccc([N+](=O)[O-])c2)c1. The van der Waals surface area contributed by atoms with E-state index >= 15 is 0 Å². The average Bonchev–Trinajstić information content (AvgIpc) is 2.70. The maximum Gasteiger partial charge on any atom is 0.327 e. The first kappa shape index (κ1) is 22.9. The summed E-state index contributed by atoms with van der Waals surface area (Å²) in [6.45, 7) is 6.42. The first-order valence-electron chi connectivity index (χ1n) is 8.95. The normalized spacial score (nSPS) is 11.0. The number of esters is 1. The Hall–Kier alpha value is -3.40. The molecule has 0 amide bonds. The van der Waals surface area contributed by atoms with Gasteiger partial charge >= 0.3 is 5.97 Å². The second-order valence-electron chi connectivity index (χ2n) is 6.40. The van der Waals surface area contributed by atoms with Crippen LogP contribution in [0.15, 0.2) is 66.1 Å². The molecule has 0 heterocycles. The Morgan fingerprint density at radius 1 is 1.23 bits per heavy atom. The van der Waals surface area contributed by atoms with Crippen LogP contribution in [0, 0.1) is 10.1 Å². The van der Waals surface area contributed by atoms with E-state index in [1.807, 2.05) is 0 Å². The molecular weight excluding hydrogens is 412 g/mol. The van der Waals surface area contributed by atoms with Gasteiger partial charge in [-0.05, 0) is 32.0 Å². The fourth-order valence-corrected chi connectivity index (χ4v) is 3.94. The quantitative estimate of drug-likeness (QED) is 0.244. The Morgan fingerprint density at radius 2 is 1.93 bits per heavy atom. The molecule has 10 heteroatoms. The first-order chi connectivity index (χ1) is 14.1. The fourth-order valence-electron chi connectivity index (χ4n) is 2.50. The van der Waals surface area contributed by atoms with Gasteiger partial charge in [-0.1, -0.05) is 24.8 Å². The van der Waals surface area contributed by atoms with Gasteiger partial charge in [-0.2, -0.15) is 0 Å². The number of benzene rings is 2. The Balaban J connectivity index is 2.52. The molecule has 0 N–H and O–H groups in total. The lowest BCUT2D eigenvalue weighted by atomic mass is 10.3. The number of non-ortho nitro benzene ring substituents is 1. The minimum absolute atomic E-state index is 0.142. The van der Waals surface area contributed by atoms with Crippen molar-refractivity contribution in [1.29, 1.82) is 0 Å². The van der Waals surface area contributed by atoms with Gasteiger partial charge in [0.2, 0.25) is 0 Å². The number of anilines is 1. The lowest BCUT2D eigenvalue weighted by Crippen LogP contribution is -2.37. The molecule has 9 nitrogen and oxygen atoms in total. The van der Waals surface area contributed by atoms with Crippen molar-refractivity contribution in [3.8, 4) is 5.75 Å². The smallest absolute Gasteiger partial charge is 0.327 e. The van der Waals surface area contributed by atoms with Gasteiger partial charge in [-0.25, -0.2) is 8.42 Å². The van der Waals surface area contributed by atoms with Crippen molar-refractivity contribution in [3.63, 3.8) is 0 Å². The molecule has 0 atom stereocenters. The number of ether oxygens (including phenoxy) is 2. The van der Waals surface area contributed by atoms with Gasteiger partial charge in [0.25, 0.3) is 15.7 Å². The van der Waals surface area contributed by atoms with Crippen molar-refractivity contribution < 1.29 is 27.6 Å². The molecule has 2 rings (SSSR count). The van der Waals surface area contributed by atoms with Crippen LogP contribution in [-0.4, -0.2) is 38.6 Å². The minimum atomic E-state index is -4.33. The monoisotopic (exact) mass is 434 g/mol. The van der Waals surface area contributed by atoms with Crippen LogP contribution in [0.25, 0.3) is 0 Å². The van der Waals surface area contributed by atoms with Crippen LogP contribution < -0.4 is 9.04 Å². The van der Waals surface area contributed by atoms with Gasteiger partial charge < -0.3 is 9.47 Å². The predicted octanol–water partition coefficient (Wildman–Crippen LogP) is 3.31. The van der Waals surface area contributed by atoms with Crippen LogP contribution in [0.1, 0.15) is 13.8 Å². The first-order valence-corrected chi connectivity index (χ1v) is 10.4. The summed E-state index contributed by atoms with van der Waals surface area (Å²) >= 11 is 0. The number of hydrogen-bond donors (Lipinski definition) is 0. The van der Waals surface area contributed by atoms with Crippen LogP contribution in [0.3, 0.4) is 0 Å². The molecule has 0 spiro atoms. The van der Waals surface area contributed by atoms with Crippen LogP contribution in [0.5, 0.6) is 5.75 Å². The molecule has 0 fully saturated rings. The Morgan fingerprint density at radius 3 is 2.57 bits per heavy atom. The van der Waals surface area contributed by atoms with Crippen molar-refractivity contribution in [1.82, 2.24) is 0 Å². The number of carbonyl (C=O) groups is 1. The van der Waals surface area contributed by atoms with E-state index in [9.17, 15) is 23.3 Å². The fraction of sp³-hybridized carbons (Fsp3) is 0.250. The van der Waals surface area contributed by atoms with Gasteiger partial charge in [-0.15, -0.1) is 0 Å². The van der Waals surface area contributed by atoms with E-state index in [1.54, 1.807) is 26.0 Å². The number of nitrogens with zero attached hydrogens (tertiary/aromatic N) is 2. The lowest BCUT2D eigenvalue weighted by molar-refractivity contribution is -0.385. The van der Waals surface area contributed by atoms with E-state index in [-0.39, 0.29) is 22.9 Å². The van der Waals surface area contributed by atoms with Crippen molar-refractivity contribution in [2.24, 2.45) is 0 Å². The third kappa shape index (κ3) is 5.80. The molecule has 160 valence electrons. The minimum Gasteiger partial charge on any atom is -0.489 e. The number of rotatable bonds is 10. The molecule has 0 saturated carbocycles. The highest BCUT2D eigenvalue weighted by molar-refractivity contribution is 7.92. The molecule has 2 aromatic rings. The summed E-state index contributed by atoms with van der Waals surface area (Å²) in [6.07, 6.45) is 1.09. The Kier molecular flexibility index (Phi) is 7.54. The van der Waals surface area contributed by atoms with E-state index in [0.717, 1.165) is 10.4 Å². The molecular formula is C20H22N2O7S. The van der Waals surface area contributed by atoms with Gasteiger partial charge in [-0.3, -0.25) is 19.2 Å². The van der Waals surface area contributed by atoms with E-state index in [0.29, 0.717) is 5.75 Å². The van der Waals surface area contributed by atoms with Crippen LogP contribution in [0.4, 0.5) is 11.4 Å². The zero-order chi connectivity index (χ0) is 22.3. The number of sulfonamides is 1. The van der Waals surface area contributed by atoms with Crippen molar-refractivity contribution in [2.75, 3.05) is 17.5 Å². The molecule has 0 aliphatic heterocycles. The van der Waals surface area contributed by atoms with E-state index in [4.69, 9.17) is 9.47 Å². The third-order valence-electron chi connectivity index (χ3n) is 3.73. The highest BCUT2D eigenvalue weighted by Gasteiger charge is 2.29. The van der Waals surface area contributed by atoms with Crippen LogP contribution in [-0.2, 0) is 19.6 Å². The summed E-state index contributed by atoms with van der Waals surface area (Å²) in [7, 11) is -4.33. The summed E-state index contributed by atoms with van der Waals surface area (Å²) in [6, 6.07) is 10.7. The van der Waals surface area contributed by atoms with E-state index in [1.165, 1.54) is 36.4 Å². The summed E-state index contributed by atoms with van der Waals surface area (Å²) in [5.41, 5.74) is -0.243. The van der Waals surface area contributed by atoms with Crippen LogP contribution in [0.2, 0.25) is 0 Å². The number of carbonyl (C=O) groups excluding carboxylic acids is 1. The highest BCUT2D eigenvalue weighted by Crippen LogP contribution is 2.28.